The number of rotatable bonds is 3. The van der Waals surface area contributed by atoms with Crippen molar-refractivity contribution in [2.24, 2.45) is 16.6 Å². The maximum absolute atomic E-state index is 11.8. The Morgan fingerprint density at radius 1 is 1.21 bits per heavy atom. The van der Waals surface area contributed by atoms with Gasteiger partial charge in [-0.05, 0) is 70.3 Å². The number of amides is 1. The summed E-state index contributed by atoms with van der Waals surface area (Å²) in [6, 6.07) is 0. The molecule has 2 aliphatic rings. The standard InChI is InChI=1S/C15H28N2O2/c1-13(2,3)19-12(18)17-11-15-6-4-5-14(9-15,10-16)7-8-15/h4-11,16H2,1-3H3,(H,17,18). The van der Waals surface area contributed by atoms with Gasteiger partial charge in [0, 0.05) is 6.54 Å². The molecule has 19 heavy (non-hydrogen) atoms. The van der Waals surface area contributed by atoms with E-state index in [0.717, 1.165) is 13.1 Å². The zero-order chi connectivity index (χ0) is 14.1. The monoisotopic (exact) mass is 268 g/mol. The van der Waals surface area contributed by atoms with Gasteiger partial charge in [-0.15, -0.1) is 0 Å². The molecule has 0 aromatic rings. The van der Waals surface area contributed by atoms with Crippen LogP contribution in [-0.4, -0.2) is 24.8 Å². The number of carbonyl (C=O) groups excluding carboxylic acids is 1. The summed E-state index contributed by atoms with van der Waals surface area (Å²) >= 11 is 0. The minimum atomic E-state index is -0.426. The first-order valence-electron chi connectivity index (χ1n) is 7.45. The number of hydrogen-bond donors (Lipinski definition) is 2. The van der Waals surface area contributed by atoms with Gasteiger partial charge in [-0.2, -0.15) is 0 Å². The Hall–Kier alpha value is -0.770. The van der Waals surface area contributed by atoms with Crippen LogP contribution in [0.2, 0.25) is 0 Å². The second-order valence-electron chi connectivity index (χ2n) is 7.59. The van der Waals surface area contributed by atoms with E-state index in [1.807, 2.05) is 20.8 Å². The van der Waals surface area contributed by atoms with Gasteiger partial charge in [0.05, 0.1) is 0 Å². The van der Waals surface area contributed by atoms with Crippen molar-refractivity contribution in [3.8, 4) is 0 Å². The zero-order valence-electron chi connectivity index (χ0n) is 12.6. The van der Waals surface area contributed by atoms with E-state index in [1.54, 1.807) is 0 Å². The van der Waals surface area contributed by atoms with Crippen LogP contribution in [0.15, 0.2) is 0 Å². The molecule has 4 nitrogen and oxygen atoms in total. The highest BCUT2D eigenvalue weighted by molar-refractivity contribution is 5.67. The molecule has 0 aromatic carbocycles. The van der Waals surface area contributed by atoms with Gasteiger partial charge in [0.25, 0.3) is 0 Å². The Balaban J connectivity index is 1.88. The van der Waals surface area contributed by atoms with E-state index < -0.39 is 5.60 Å². The van der Waals surface area contributed by atoms with Crippen molar-refractivity contribution in [3.63, 3.8) is 0 Å². The summed E-state index contributed by atoms with van der Waals surface area (Å²) < 4.78 is 5.31. The van der Waals surface area contributed by atoms with Crippen molar-refractivity contribution in [1.29, 1.82) is 0 Å². The number of hydrogen-bond acceptors (Lipinski definition) is 3. The highest BCUT2D eigenvalue weighted by Gasteiger charge is 2.50. The molecule has 2 atom stereocenters. The first-order chi connectivity index (χ1) is 8.78. The summed E-state index contributed by atoms with van der Waals surface area (Å²) in [4.78, 5) is 11.8. The lowest BCUT2D eigenvalue weighted by molar-refractivity contribution is 0.0477. The van der Waals surface area contributed by atoms with Gasteiger partial charge < -0.3 is 15.8 Å². The molecule has 110 valence electrons. The van der Waals surface area contributed by atoms with Gasteiger partial charge in [0.1, 0.15) is 5.60 Å². The van der Waals surface area contributed by atoms with Crippen molar-refractivity contribution in [2.75, 3.05) is 13.1 Å². The molecule has 0 aromatic heterocycles. The largest absolute Gasteiger partial charge is 0.444 e. The Kier molecular flexibility index (Phi) is 3.83. The van der Waals surface area contributed by atoms with Crippen LogP contribution in [0.1, 0.15) is 59.3 Å². The van der Waals surface area contributed by atoms with Crippen LogP contribution < -0.4 is 11.1 Å². The average Bonchev–Trinajstić information content (AvgIpc) is 2.58. The first kappa shape index (κ1) is 14.6. The van der Waals surface area contributed by atoms with Crippen molar-refractivity contribution in [1.82, 2.24) is 5.32 Å². The Morgan fingerprint density at radius 3 is 2.47 bits per heavy atom. The fourth-order valence-electron chi connectivity index (χ4n) is 3.86. The lowest BCUT2D eigenvalue weighted by Gasteiger charge is -2.39. The van der Waals surface area contributed by atoms with Crippen molar-refractivity contribution >= 4 is 6.09 Å². The van der Waals surface area contributed by atoms with Gasteiger partial charge in [-0.1, -0.05) is 6.42 Å². The van der Waals surface area contributed by atoms with Gasteiger partial charge in [0.2, 0.25) is 0 Å². The number of fused-ring (bicyclic) bond motifs is 2. The van der Waals surface area contributed by atoms with Crippen molar-refractivity contribution in [2.45, 2.75) is 64.9 Å². The Morgan fingerprint density at radius 2 is 1.84 bits per heavy atom. The highest BCUT2D eigenvalue weighted by Crippen LogP contribution is 2.57. The van der Waals surface area contributed by atoms with E-state index >= 15 is 0 Å². The summed E-state index contributed by atoms with van der Waals surface area (Å²) in [7, 11) is 0. The summed E-state index contributed by atoms with van der Waals surface area (Å²) in [5.74, 6) is 0. The minimum Gasteiger partial charge on any atom is -0.444 e. The third-order valence-electron chi connectivity index (χ3n) is 4.79. The predicted octanol–water partition coefficient (Wildman–Crippen LogP) is 2.81. The molecule has 2 unspecified atom stereocenters. The van der Waals surface area contributed by atoms with E-state index in [2.05, 4.69) is 5.32 Å². The van der Waals surface area contributed by atoms with Crippen molar-refractivity contribution in [3.05, 3.63) is 0 Å². The molecule has 0 radical (unpaired) electrons. The normalized spacial score (nSPS) is 34.1. The first-order valence-corrected chi connectivity index (χ1v) is 7.45. The van der Waals surface area contributed by atoms with Gasteiger partial charge in [0.15, 0.2) is 0 Å². The molecule has 0 saturated heterocycles. The van der Waals surface area contributed by atoms with Crippen LogP contribution in [0, 0.1) is 10.8 Å². The minimum absolute atomic E-state index is 0.272. The van der Waals surface area contributed by atoms with E-state index in [9.17, 15) is 4.79 Å². The van der Waals surface area contributed by atoms with E-state index in [1.165, 1.54) is 38.5 Å². The van der Waals surface area contributed by atoms with E-state index in [4.69, 9.17) is 10.5 Å². The fourth-order valence-corrected chi connectivity index (χ4v) is 3.86. The number of ether oxygens (including phenoxy) is 1. The van der Waals surface area contributed by atoms with Crippen LogP contribution in [0.5, 0.6) is 0 Å². The number of alkyl carbamates (subject to hydrolysis) is 1. The average molecular weight is 268 g/mol. The van der Waals surface area contributed by atoms with Crippen LogP contribution >= 0.6 is 0 Å². The molecule has 2 aliphatic carbocycles. The van der Waals surface area contributed by atoms with E-state index in [-0.39, 0.29) is 11.5 Å². The van der Waals surface area contributed by atoms with Crippen LogP contribution in [0.4, 0.5) is 4.79 Å². The molecule has 4 heteroatoms. The summed E-state index contributed by atoms with van der Waals surface area (Å²) in [5, 5.41) is 2.97. The third kappa shape index (κ3) is 3.41. The topological polar surface area (TPSA) is 64.3 Å². The molecule has 0 heterocycles. The molecule has 3 N–H and O–H groups in total. The molecule has 0 aliphatic heterocycles. The maximum atomic E-state index is 11.8. The number of nitrogens with two attached hydrogens (primary N) is 1. The van der Waals surface area contributed by atoms with Gasteiger partial charge in [-0.25, -0.2) is 4.79 Å². The van der Waals surface area contributed by atoms with Crippen LogP contribution in [-0.2, 0) is 4.74 Å². The molecule has 0 spiro atoms. The molecule has 1 amide bonds. The molecule has 2 rings (SSSR count). The zero-order valence-corrected chi connectivity index (χ0v) is 12.6. The Bertz CT molecular complexity index is 351. The number of carbonyl (C=O) groups is 1. The van der Waals surface area contributed by atoms with Gasteiger partial charge in [-0.3, -0.25) is 0 Å². The molecular weight excluding hydrogens is 240 g/mol. The molecule has 2 fully saturated rings. The predicted molar refractivity (Wildman–Crippen MR) is 75.9 cm³/mol. The maximum Gasteiger partial charge on any atom is 0.407 e. The van der Waals surface area contributed by atoms with Crippen LogP contribution in [0.25, 0.3) is 0 Å². The summed E-state index contributed by atoms with van der Waals surface area (Å²) in [5.41, 5.74) is 6.16. The quantitative estimate of drug-likeness (QED) is 0.827. The lowest BCUT2D eigenvalue weighted by atomic mass is 9.69. The van der Waals surface area contributed by atoms with E-state index in [0.29, 0.717) is 5.41 Å². The Labute approximate surface area is 116 Å². The van der Waals surface area contributed by atoms with Gasteiger partial charge >= 0.3 is 6.09 Å². The molecule has 2 bridgehead atoms. The smallest absolute Gasteiger partial charge is 0.407 e. The van der Waals surface area contributed by atoms with Crippen molar-refractivity contribution < 1.29 is 9.53 Å². The summed E-state index contributed by atoms with van der Waals surface area (Å²) in [6.45, 7) is 7.20. The second kappa shape index (κ2) is 4.97. The fraction of sp³-hybridized carbons (Fsp3) is 0.933. The van der Waals surface area contributed by atoms with Crippen LogP contribution in [0.3, 0.4) is 0 Å². The SMILES string of the molecule is CC(C)(C)OC(=O)NCC12CCCC(CN)(CC1)C2. The molecular formula is C15H28N2O2. The number of nitrogens with one attached hydrogen (secondary N) is 1. The second-order valence-corrected chi connectivity index (χ2v) is 7.59. The summed E-state index contributed by atoms with van der Waals surface area (Å²) in [6.07, 6.45) is 7.01. The lowest BCUT2D eigenvalue weighted by Crippen LogP contribution is -2.42. The molecule has 2 saturated carbocycles. The highest BCUT2D eigenvalue weighted by atomic mass is 16.6. The third-order valence-corrected chi connectivity index (χ3v) is 4.79.